The van der Waals surface area contributed by atoms with Crippen molar-refractivity contribution < 1.29 is 14.6 Å². The maximum atomic E-state index is 11.5. The van der Waals surface area contributed by atoms with Gasteiger partial charge >= 0.3 is 0 Å². The first-order valence-corrected chi connectivity index (χ1v) is 6.05. The number of ether oxygens (including phenoxy) is 1. The van der Waals surface area contributed by atoms with Crippen LogP contribution in [0, 0.1) is 20.8 Å². The molecule has 0 saturated heterocycles. The molecule has 0 aliphatic heterocycles. The summed E-state index contributed by atoms with van der Waals surface area (Å²) in [5.41, 5.74) is 3.22. The van der Waals surface area contributed by atoms with Gasteiger partial charge in [0, 0.05) is 6.54 Å². The molecule has 0 aromatic heterocycles. The fourth-order valence-corrected chi connectivity index (χ4v) is 1.84. The molecule has 0 radical (unpaired) electrons. The van der Waals surface area contributed by atoms with E-state index in [9.17, 15) is 4.79 Å². The van der Waals surface area contributed by atoms with Gasteiger partial charge in [-0.25, -0.2) is 0 Å². The maximum absolute atomic E-state index is 11.5. The molecule has 18 heavy (non-hydrogen) atoms. The molecule has 0 heterocycles. The van der Waals surface area contributed by atoms with E-state index in [1.54, 1.807) is 6.92 Å². The molecule has 1 aromatic rings. The quantitative estimate of drug-likeness (QED) is 0.833. The highest BCUT2D eigenvalue weighted by Crippen LogP contribution is 2.24. The van der Waals surface area contributed by atoms with Gasteiger partial charge in [0.05, 0.1) is 6.10 Å². The van der Waals surface area contributed by atoms with Crippen LogP contribution in [0.25, 0.3) is 0 Å². The van der Waals surface area contributed by atoms with Crippen molar-refractivity contribution in [3.63, 3.8) is 0 Å². The summed E-state index contributed by atoms with van der Waals surface area (Å²) in [6, 6.07) is 4.05. The zero-order valence-corrected chi connectivity index (χ0v) is 11.4. The number of hydrogen-bond acceptors (Lipinski definition) is 3. The second-order valence-corrected chi connectivity index (χ2v) is 4.67. The van der Waals surface area contributed by atoms with Crippen LogP contribution in [0.5, 0.6) is 5.75 Å². The molecule has 1 rings (SSSR count). The number of carbonyl (C=O) groups excluding carboxylic acids is 1. The third-order valence-corrected chi connectivity index (χ3v) is 2.55. The second-order valence-electron chi connectivity index (χ2n) is 4.67. The molecular weight excluding hydrogens is 230 g/mol. The third-order valence-electron chi connectivity index (χ3n) is 2.55. The number of rotatable bonds is 5. The standard InChI is InChI=1S/C14H21NO3/c1-9-5-10(2)14(11(3)6-9)18-8-13(17)15-7-12(4)16/h5-6,12,16H,7-8H2,1-4H3,(H,15,17)/t12-/m0/s1. The highest BCUT2D eigenvalue weighted by Gasteiger charge is 2.08. The van der Waals surface area contributed by atoms with Gasteiger partial charge in [0.2, 0.25) is 0 Å². The van der Waals surface area contributed by atoms with E-state index in [1.807, 2.05) is 32.9 Å². The van der Waals surface area contributed by atoms with E-state index in [-0.39, 0.29) is 19.1 Å². The minimum atomic E-state index is -0.545. The van der Waals surface area contributed by atoms with E-state index in [2.05, 4.69) is 5.32 Å². The van der Waals surface area contributed by atoms with Crippen LogP contribution >= 0.6 is 0 Å². The first-order chi connectivity index (χ1) is 8.40. The van der Waals surface area contributed by atoms with Gasteiger partial charge in [-0.15, -0.1) is 0 Å². The van der Waals surface area contributed by atoms with Gasteiger partial charge in [-0.05, 0) is 38.8 Å². The zero-order chi connectivity index (χ0) is 13.7. The van der Waals surface area contributed by atoms with E-state index in [1.165, 1.54) is 5.56 Å². The van der Waals surface area contributed by atoms with Crippen LogP contribution in [0.4, 0.5) is 0 Å². The molecule has 0 spiro atoms. The highest BCUT2D eigenvalue weighted by molar-refractivity contribution is 5.77. The number of aliphatic hydroxyl groups excluding tert-OH is 1. The van der Waals surface area contributed by atoms with Gasteiger partial charge in [-0.3, -0.25) is 4.79 Å². The van der Waals surface area contributed by atoms with Crippen LogP contribution in [-0.2, 0) is 4.79 Å². The summed E-state index contributed by atoms with van der Waals surface area (Å²) in [6.07, 6.45) is -0.545. The van der Waals surface area contributed by atoms with Crippen LogP contribution in [0.1, 0.15) is 23.6 Å². The Balaban J connectivity index is 2.56. The summed E-state index contributed by atoms with van der Waals surface area (Å²) >= 11 is 0. The maximum Gasteiger partial charge on any atom is 0.258 e. The fraction of sp³-hybridized carbons (Fsp3) is 0.500. The van der Waals surface area contributed by atoms with Gasteiger partial charge < -0.3 is 15.2 Å². The Kier molecular flexibility index (Phi) is 5.16. The van der Waals surface area contributed by atoms with E-state index in [4.69, 9.17) is 9.84 Å². The van der Waals surface area contributed by atoms with Crippen LogP contribution in [-0.4, -0.2) is 30.3 Å². The Morgan fingerprint density at radius 2 is 1.89 bits per heavy atom. The van der Waals surface area contributed by atoms with Crippen molar-refractivity contribution in [1.29, 1.82) is 0 Å². The lowest BCUT2D eigenvalue weighted by Crippen LogP contribution is -2.34. The van der Waals surface area contributed by atoms with Crippen LogP contribution < -0.4 is 10.1 Å². The molecule has 0 unspecified atom stereocenters. The molecule has 1 aromatic carbocycles. The summed E-state index contributed by atoms with van der Waals surface area (Å²) in [7, 11) is 0. The van der Waals surface area contributed by atoms with Crippen LogP contribution in [0.3, 0.4) is 0 Å². The van der Waals surface area contributed by atoms with Crippen LogP contribution in [0.15, 0.2) is 12.1 Å². The van der Waals surface area contributed by atoms with Crippen LogP contribution in [0.2, 0.25) is 0 Å². The smallest absolute Gasteiger partial charge is 0.258 e. The summed E-state index contributed by atoms with van der Waals surface area (Å²) in [5.74, 6) is 0.531. The Morgan fingerprint density at radius 1 is 1.33 bits per heavy atom. The van der Waals surface area contributed by atoms with Gasteiger partial charge in [0.15, 0.2) is 6.61 Å². The SMILES string of the molecule is Cc1cc(C)c(OCC(=O)NC[C@H](C)O)c(C)c1. The Hall–Kier alpha value is -1.55. The number of aryl methyl sites for hydroxylation is 3. The van der Waals surface area contributed by atoms with E-state index >= 15 is 0 Å². The van der Waals surface area contributed by atoms with E-state index < -0.39 is 6.10 Å². The summed E-state index contributed by atoms with van der Waals surface area (Å²) in [6.45, 7) is 7.78. The average Bonchev–Trinajstić information content (AvgIpc) is 2.24. The molecule has 0 bridgehead atoms. The third kappa shape index (κ3) is 4.37. The van der Waals surface area contributed by atoms with Gasteiger partial charge in [-0.2, -0.15) is 0 Å². The summed E-state index contributed by atoms with van der Waals surface area (Å²) in [5, 5.41) is 11.6. The van der Waals surface area contributed by atoms with Crippen molar-refractivity contribution in [2.24, 2.45) is 0 Å². The summed E-state index contributed by atoms with van der Waals surface area (Å²) < 4.78 is 5.52. The molecule has 4 nitrogen and oxygen atoms in total. The first-order valence-electron chi connectivity index (χ1n) is 6.05. The average molecular weight is 251 g/mol. The Labute approximate surface area is 108 Å². The molecule has 0 aliphatic carbocycles. The molecule has 2 N–H and O–H groups in total. The first kappa shape index (κ1) is 14.5. The van der Waals surface area contributed by atoms with Crippen molar-refractivity contribution in [2.45, 2.75) is 33.8 Å². The molecule has 0 fully saturated rings. The lowest BCUT2D eigenvalue weighted by Gasteiger charge is -2.13. The Bertz CT molecular complexity index is 404. The topological polar surface area (TPSA) is 58.6 Å². The van der Waals surface area contributed by atoms with Crippen molar-refractivity contribution in [3.8, 4) is 5.75 Å². The number of carbonyl (C=O) groups is 1. The number of aliphatic hydroxyl groups is 1. The molecular formula is C14H21NO3. The predicted molar refractivity (Wildman–Crippen MR) is 70.8 cm³/mol. The molecule has 100 valence electrons. The number of hydrogen-bond donors (Lipinski definition) is 2. The largest absolute Gasteiger partial charge is 0.483 e. The minimum absolute atomic E-state index is 0.0303. The lowest BCUT2D eigenvalue weighted by molar-refractivity contribution is -0.123. The minimum Gasteiger partial charge on any atom is -0.483 e. The highest BCUT2D eigenvalue weighted by atomic mass is 16.5. The number of benzene rings is 1. The zero-order valence-electron chi connectivity index (χ0n) is 11.4. The second kappa shape index (κ2) is 6.40. The van der Waals surface area contributed by atoms with Crippen molar-refractivity contribution in [1.82, 2.24) is 5.32 Å². The van der Waals surface area contributed by atoms with E-state index in [0.717, 1.165) is 16.9 Å². The van der Waals surface area contributed by atoms with Gasteiger partial charge in [0.1, 0.15) is 5.75 Å². The number of amides is 1. The molecule has 1 amide bonds. The fourth-order valence-electron chi connectivity index (χ4n) is 1.84. The monoisotopic (exact) mass is 251 g/mol. The van der Waals surface area contributed by atoms with Crippen molar-refractivity contribution in [2.75, 3.05) is 13.2 Å². The van der Waals surface area contributed by atoms with Crippen molar-refractivity contribution >= 4 is 5.91 Å². The Morgan fingerprint density at radius 3 is 2.39 bits per heavy atom. The van der Waals surface area contributed by atoms with Crippen molar-refractivity contribution in [3.05, 3.63) is 28.8 Å². The lowest BCUT2D eigenvalue weighted by atomic mass is 10.1. The van der Waals surface area contributed by atoms with E-state index in [0.29, 0.717) is 0 Å². The molecule has 0 aliphatic rings. The molecule has 1 atom stereocenters. The normalized spacial score (nSPS) is 12.1. The summed E-state index contributed by atoms with van der Waals surface area (Å²) in [4.78, 5) is 11.5. The number of nitrogens with one attached hydrogen (secondary N) is 1. The molecule has 0 saturated carbocycles. The van der Waals surface area contributed by atoms with Gasteiger partial charge in [-0.1, -0.05) is 17.7 Å². The van der Waals surface area contributed by atoms with Gasteiger partial charge in [0.25, 0.3) is 5.91 Å². The molecule has 4 heteroatoms. The predicted octanol–water partition coefficient (Wildman–Crippen LogP) is 1.49.